The summed E-state index contributed by atoms with van der Waals surface area (Å²) in [5, 5.41) is 0. The topological polar surface area (TPSA) is 53.0 Å². The van der Waals surface area contributed by atoms with Crippen LogP contribution in [0.1, 0.15) is 0 Å². The molecule has 0 spiro atoms. The summed E-state index contributed by atoms with van der Waals surface area (Å²) in [5.74, 6) is -1.70. The van der Waals surface area contributed by atoms with Crippen molar-refractivity contribution in [1.82, 2.24) is 8.87 Å². The van der Waals surface area contributed by atoms with Crippen LogP contribution in [-0.4, -0.2) is 26.3 Å². The molecule has 1 aromatic heterocycles. The maximum Gasteiger partial charge on any atom is 0.587 e. The van der Waals surface area contributed by atoms with Gasteiger partial charge in [-0.3, -0.25) is 0 Å². The Kier molecular flexibility index (Phi) is 3.70. The highest BCUT2D eigenvalue weighted by atomic mass is 32.2. The highest BCUT2D eigenvalue weighted by molar-refractivity contribution is 7.78. The minimum Gasteiger partial charge on any atom is -0.724 e. The summed E-state index contributed by atoms with van der Waals surface area (Å²) in [6.07, 6.45) is -11.6. The highest BCUT2D eigenvalue weighted by Gasteiger charge is 2.76. The number of quaternary nitrogens is 1. The average molecular weight is 294 g/mol. The van der Waals surface area contributed by atoms with Crippen LogP contribution in [0.15, 0.2) is 24.4 Å². The average Bonchev–Trinajstić information content (AvgIpc) is 2.14. The number of rotatable bonds is 2. The molecule has 0 radical (unpaired) electrons. The lowest BCUT2D eigenvalue weighted by Crippen LogP contribution is -2.68. The lowest BCUT2D eigenvalue weighted by Gasteiger charge is -2.36. The van der Waals surface area contributed by atoms with Gasteiger partial charge in [0.2, 0.25) is 0 Å². The first-order valence-corrected chi connectivity index (χ1v) is 5.12. The van der Waals surface area contributed by atoms with Crippen LogP contribution in [0.5, 0.6) is 0 Å². The predicted octanol–water partition coefficient (Wildman–Crippen LogP) is 2.22. The van der Waals surface area contributed by atoms with Gasteiger partial charge < -0.3 is 4.55 Å². The minimum absolute atomic E-state index is 0.330. The molecule has 0 saturated carbocycles. The molecule has 1 rings (SSSR count). The first-order valence-electron chi connectivity index (χ1n) is 4.09. The van der Waals surface area contributed by atoms with Gasteiger partial charge in [0.25, 0.3) is 5.82 Å². The second-order valence-corrected chi connectivity index (χ2v) is 3.93. The zero-order chi connectivity index (χ0) is 14.2. The number of hydrogen-bond acceptors (Lipinski definition) is 3. The Morgan fingerprint density at radius 1 is 1.11 bits per heavy atom. The van der Waals surface area contributed by atoms with Crippen LogP contribution < -0.4 is 3.89 Å². The van der Waals surface area contributed by atoms with Crippen LogP contribution in [0.25, 0.3) is 0 Å². The lowest BCUT2D eigenvalue weighted by molar-refractivity contribution is -0.327. The van der Waals surface area contributed by atoms with Crippen LogP contribution in [0.3, 0.4) is 0 Å². The molecule has 1 unspecified atom stereocenters. The second-order valence-electron chi connectivity index (χ2n) is 2.95. The summed E-state index contributed by atoms with van der Waals surface area (Å²) < 4.78 is 92.8. The largest absolute Gasteiger partial charge is 0.724 e. The van der Waals surface area contributed by atoms with Crippen LogP contribution >= 0.6 is 0 Å². The molecule has 11 heteroatoms. The molecule has 0 aliphatic carbocycles. The number of aromatic nitrogens is 1. The van der Waals surface area contributed by atoms with Gasteiger partial charge in [-0.1, -0.05) is 6.07 Å². The molecule has 18 heavy (non-hydrogen) atoms. The number of halogens is 6. The Morgan fingerprint density at radius 2 is 1.61 bits per heavy atom. The zero-order valence-corrected chi connectivity index (χ0v) is 9.01. The van der Waals surface area contributed by atoms with Crippen molar-refractivity contribution < 1.29 is 35.1 Å². The molecular formula is C7H4F6N2O2S. The van der Waals surface area contributed by atoms with Gasteiger partial charge in [0.15, 0.2) is 11.3 Å². The summed E-state index contributed by atoms with van der Waals surface area (Å²) >= 11 is -4.58. The maximum atomic E-state index is 12.6. The first kappa shape index (κ1) is 14.9. The molecule has 1 atom stereocenters. The van der Waals surface area contributed by atoms with E-state index in [-0.39, 0.29) is 0 Å². The Balaban J connectivity index is 3.67. The molecule has 102 valence electrons. The van der Waals surface area contributed by atoms with Gasteiger partial charge in [0, 0.05) is 12.3 Å². The fraction of sp³-hybridized carbons (Fsp3) is 0.286. The lowest BCUT2D eigenvalue weighted by atomic mass is 10.4. The molecule has 0 fully saturated rings. The van der Waals surface area contributed by atoms with Gasteiger partial charge >= 0.3 is 12.6 Å². The second kappa shape index (κ2) is 4.48. The van der Waals surface area contributed by atoms with Crippen LogP contribution in [0.4, 0.5) is 32.2 Å². The summed E-state index contributed by atoms with van der Waals surface area (Å²) in [4.78, 5) is 2.84. The van der Waals surface area contributed by atoms with Gasteiger partial charge in [0.1, 0.15) is 0 Å². The number of hydrogen-bond donors (Lipinski definition) is 0. The Hall–Kier alpha value is -1.20. The molecular weight excluding hydrogens is 290 g/mol. The molecule has 0 aromatic carbocycles. The van der Waals surface area contributed by atoms with Crippen LogP contribution in [-0.2, 0) is 11.3 Å². The van der Waals surface area contributed by atoms with E-state index < -0.39 is 33.6 Å². The van der Waals surface area contributed by atoms with Crippen molar-refractivity contribution in [1.29, 1.82) is 0 Å². The monoisotopic (exact) mass is 294 g/mol. The molecule has 0 bridgehead atoms. The van der Waals surface area contributed by atoms with Crippen molar-refractivity contribution in [2.24, 2.45) is 0 Å². The van der Waals surface area contributed by atoms with E-state index in [0.29, 0.717) is 12.3 Å². The van der Waals surface area contributed by atoms with Crippen molar-refractivity contribution in [3.63, 3.8) is 0 Å². The van der Waals surface area contributed by atoms with E-state index in [9.17, 15) is 35.1 Å². The standard InChI is InChI=1S/C7H4F6N2O2S/c8-6(9,10)15(18(16)17,7(11,12)13)5-3-1-2-4-14-5/h1-4H. The number of nitrogens with zero attached hydrogens (tertiary/aromatic N) is 2. The number of alkyl halides is 6. The molecule has 0 N–H and O–H groups in total. The Morgan fingerprint density at radius 3 is 1.89 bits per heavy atom. The van der Waals surface area contributed by atoms with Gasteiger partial charge in [-0.25, -0.2) is 9.19 Å². The fourth-order valence-corrected chi connectivity index (χ4v) is 1.79. The van der Waals surface area contributed by atoms with Gasteiger partial charge in [-0.2, -0.15) is 0 Å². The molecule has 1 heterocycles. The third-order valence-electron chi connectivity index (χ3n) is 1.91. The summed E-state index contributed by atoms with van der Waals surface area (Å²) in [6.45, 7) is 0. The van der Waals surface area contributed by atoms with E-state index in [1.807, 2.05) is 0 Å². The van der Waals surface area contributed by atoms with Crippen LogP contribution in [0, 0.1) is 0 Å². The molecule has 4 nitrogen and oxygen atoms in total. The van der Waals surface area contributed by atoms with Crippen molar-refractivity contribution >= 4 is 17.1 Å². The summed E-state index contributed by atoms with van der Waals surface area (Å²) in [5.41, 5.74) is 0. The molecule has 0 amide bonds. The Labute approximate surface area is 98.9 Å². The quantitative estimate of drug-likeness (QED) is 0.364. The SMILES string of the molecule is O=S([O-])[N+](c1ccccn1)(C(F)(F)F)C(F)(F)F. The fourth-order valence-electron chi connectivity index (χ4n) is 1.19. The predicted molar refractivity (Wildman–Crippen MR) is 47.1 cm³/mol. The van der Waals surface area contributed by atoms with Crippen molar-refractivity contribution in [2.45, 2.75) is 12.6 Å². The molecule has 1 aromatic rings. The summed E-state index contributed by atoms with van der Waals surface area (Å²) in [6, 6.07) is 2.20. The van der Waals surface area contributed by atoms with Gasteiger partial charge in [-0.15, -0.1) is 26.3 Å². The third kappa shape index (κ3) is 2.08. The van der Waals surface area contributed by atoms with E-state index in [0.717, 1.165) is 12.1 Å². The minimum atomic E-state index is -6.14. The Bertz CT molecular complexity index is 431. The molecule has 0 saturated heterocycles. The summed E-state index contributed by atoms with van der Waals surface area (Å²) in [7, 11) is 0. The van der Waals surface area contributed by atoms with Crippen molar-refractivity contribution in [3.05, 3.63) is 24.4 Å². The molecule has 0 aliphatic rings. The smallest absolute Gasteiger partial charge is 0.587 e. The van der Waals surface area contributed by atoms with E-state index in [2.05, 4.69) is 4.98 Å². The zero-order valence-electron chi connectivity index (χ0n) is 8.20. The van der Waals surface area contributed by atoms with Crippen molar-refractivity contribution in [2.75, 3.05) is 0 Å². The first-order chi connectivity index (χ1) is 8.05. The maximum absolute atomic E-state index is 12.6. The molecule has 0 aliphatic heterocycles. The van der Waals surface area contributed by atoms with Gasteiger partial charge in [0.05, 0.1) is 0 Å². The van der Waals surface area contributed by atoms with E-state index in [1.54, 1.807) is 0 Å². The normalized spacial score (nSPS) is 15.5. The van der Waals surface area contributed by atoms with E-state index in [4.69, 9.17) is 0 Å². The third-order valence-corrected chi connectivity index (χ3v) is 2.96. The number of pyridine rings is 1. The van der Waals surface area contributed by atoms with E-state index in [1.165, 1.54) is 0 Å². The highest BCUT2D eigenvalue weighted by Crippen LogP contribution is 2.47. The van der Waals surface area contributed by atoms with Crippen LogP contribution in [0.2, 0.25) is 0 Å². The van der Waals surface area contributed by atoms with Gasteiger partial charge in [-0.05, 0) is 9.95 Å². The van der Waals surface area contributed by atoms with E-state index >= 15 is 0 Å². The van der Waals surface area contributed by atoms with Crippen molar-refractivity contribution in [3.8, 4) is 0 Å².